The van der Waals surface area contributed by atoms with Gasteiger partial charge >= 0.3 is 0 Å². The van der Waals surface area contributed by atoms with E-state index in [1.165, 1.54) is 37.7 Å². The van der Waals surface area contributed by atoms with Crippen LogP contribution in [0.2, 0.25) is 0 Å². The maximum absolute atomic E-state index is 6.64. The minimum atomic E-state index is 0.263. The molecule has 19 heavy (non-hydrogen) atoms. The van der Waals surface area contributed by atoms with Gasteiger partial charge in [-0.3, -0.25) is 0 Å². The highest BCUT2D eigenvalue weighted by Gasteiger charge is 2.44. The Labute approximate surface area is 116 Å². The molecule has 1 aliphatic heterocycles. The quantitative estimate of drug-likeness (QED) is 0.901. The molecule has 2 aliphatic rings. The van der Waals surface area contributed by atoms with Gasteiger partial charge in [0.1, 0.15) is 0 Å². The van der Waals surface area contributed by atoms with E-state index < -0.39 is 0 Å². The highest BCUT2D eigenvalue weighted by molar-refractivity contribution is 5.30. The number of nitrogens with two attached hydrogens (primary N) is 1. The lowest BCUT2D eigenvalue weighted by Gasteiger charge is -2.48. The van der Waals surface area contributed by atoms with Gasteiger partial charge in [0.2, 0.25) is 0 Å². The van der Waals surface area contributed by atoms with E-state index >= 15 is 0 Å². The average molecular weight is 259 g/mol. The first-order valence-corrected chi connectivity index (χ1v) is 7.70. The molecule has 2 nitrogen and oxygen atoms in total. The second-order valence-corrected chi connectivity index (χ2v) is 6.27. The Kier molecular flexibility index (Phi) is 3.90. The SMILES string of the molecule is NC(CC1CCOCC1)C1(c2ccccc2)CCC1. The lowest BCUT2D eigenvalue weighted by Crippen LogP contribution is -2.51. The van der Waals surface area contributed by atoms with E-state index in [1.54, 1.807) is 0 Å². The highest BCUT2D eigenvalue weighted by atomic mass is 16.5. The summed E-state index contributed by atoms with van der Waals surface area (Å²) < 4.78 is 5.45. The predicted molar refractivity (Wildman–Crippen MR) is 78.1 cm³/mol. The Morgan fingerprint density at radius 3 is 2.42 bits per heavy atom. The van der Waals surface area contributed by atoms with Crippen LogP contribution in [0.4, 0.5) is 0 Å². The van der Waals surface area contributed by atoms with Crippen molar-refractivity contribution in [1.82, 2.24) is 0 Å². The third-order valence-electron chi connectivity index (χ3n) is 5.23. The van der Waals surface area contributed by atoms with Gasteiger partial charge < -0.3 is 10.5 Å². The molecule has 1 heterocycles. The van der Waals surface area contributed by atoms with Crippen LogP contribution >= 0.6 is 0 Å². The summed E-state index contributed by atoms with van der Waals surface area (Å²) in [6.07, 6.45) is 7.41. The minimum Gasteiger partial charge on any atom is -0.381 e. The standard InChI is InChI=1S/C17H25NO/c18-16(13-14-7-11-19-12-8-14)17(9-4-10-17)15-5-2-1-3-6-15/h1-3,5-6,14,16H,4,7-13,18H2. The largest absolute Gasteiger partial charge is 0.381 e. The summed E-state index contributed by atoms with van der Waals surface area (Å²) in [6.45, 7) is 1.85. The third-order valence-corrected chi connectivity index (χ3v) is 5.23. The second kappa shape index (κ2) is 5.64. The Balaban J connectivity index is 1.71. The molecule has 2 fully saturated rings. The van der Waals surface area contributed by atoms with E-state index in [0.29, 0.717) is 6.04 Å². The summed E-state index contributed by atoms with van der Waals surface area (Å²) in [5.41, 5.74) is 8.36. The van der Waals surface area contributed by atoms with Crippen LogP contribution in [-0.4, -0.2) is 19.3 Å². The normalized spacial score (nSPS) is 24.7. The number of ether oxygens (including phenoxy) is 1. The van der Waals surface area contributed by atoms with Crippen LogP contribution in [0, 0.1) is 5.92 Å². The minimum absolute atomic E-state index is 0.263. The number of rotatable bonds is 4. The van der Waals surface area contributed by atoms with Crippen LogP contribution < -0.4 is 5.73 Å². The smallest absolute Gasteiger partial charge is 0.0468 e. The van der Waals surface area contributed by atoms with Gasteiger partial charge in [0.05, 0.1) is 0 Å². The third kappa shape index (κ3) is 2.56. The van der Waals surface area contributed by atoms with E-state index in [1.807, 2.05) is 0 Å². The summed E-state index contributed by atoms with van der Waals surface area (Å²) in [4.78, 5) is 0. The molecule has 0 bridgehead atoms. The number of hydrogen-bond acceptors (Lipinski definition) is 2. The topological polar surface area (TPSA) is 35.2 Å². The molecule has 3 rings (SSSR count). The molecule has 0 aromatic heterocycles. The van der Waals surface area contributed by atoms with Crippen molar-refractivity contribution in [2.24, 2.45) is 11.7 Å². The number of hydrogen-bond donors (Lipinski definition) is 1. The molecule has 0 amide bonds. The van der Waals surface area contributed by atoms with E-state index in [4.69, 9.17) is 10.5 Å². The molecule has 1 atom stereocenters. The van der Waals surface area contributed by atoms with Crippen LogP contribution in [0.1, 0.15) is 44.1 Å². The maximum atomic E-state index is 6.64. The van der Waals surface area contributed by atoms with Gasteiger partial charge in [0.15, 0.2) is 0 Å². The lowest BCUT2D eigenvalue weighted by atomic mass is 9.59. The van der Waals surface area contributed by atoms with Crippen molar-refractivity contribution in [3.63, 3.8) is 0 Å². The molecule has 1 aliphatic carbocycles. The molecule has 2 heteroatoms. The summed E-state index contributed by atoms with van der Waals surface area (Å²) in [6, 6.07) is 11.2. The van der Waals surface area contributed by atoms with Crippen molar-refractivity contribution in [2.75, 3.05) is 13.2 Å². The van der Waals surface area contributed by atoms with Crippen LogP contribution in [0.15, 0.2) is 30.3 Å². The van der Waals surface area contributed by atoms with Crippen LogP contribution in [0.3, 0.4) is 0 Å². The Bertz CT molecular complexity index is 393. The van der Waals surface area contributed by atoms with Crippen molar-refractivity contribution in [3.8, 4) is 0 Å². The van der Waals surface area contributed by atoms with Crippen LogP contribution in [0.25, 0.3) is 0 Å². The van der Waals surface area contributed by atoms with Gasteiger partial charge in [-0.15, -0.1) is 0 Å². The fraction of sp³-hybridized carbons (Fsp3) is 0.647. The highest BCUT2D eigenvalue weighted by Crippen LogP contribution is 2.47. The van der Waals surface area contributed by atoms with Crippen molar-refractivity contribution in [3.05, 3.63) is 35.9 Å². The molecule has 1 saturated heterocycles. The second-order valence-electron chi connectivity index (χ2n) is 6.27. The zero-order chi connectivity index (χ0) is 13.1. The van der Waals surface area contributed by atoms with E-state index in [-0.39, 0.29) is 5.41 Å². The average Bonchev–Trinajstić information content (AvgIpc) is 2.40. The molecular formula is C17H25NO. The molecule has 1 aromatic rings. The van der Waals surface area contributed by atoms with Gasteiger partial charge in [0, 0.05) is 24.7 Å². The van der Waals surface area contributed by atoms with Crippen LogP contribution in [0.5, 0.6) is 0 Å². The van der Waals surface area contributed by atoms with Gasteiger partial charge in [-0.2, -0.15) is 0 Å². The van der Waals surface area contributed by atoms with Crippen molar-refractivity contribution in [2.45, 2.75) is 50.0 Å². The maximum Gasteiger partial charge on any atom is 0.0468 e. The summed E-state index contributed by atoms with van der Waals surface area (Å²) in [7, 11) is 0. The fourth-order valence-corrected chi connectivity index (χ4v) is 3.77. The monoisotopic (exact) mass is 259 g/mol. The van der Waals surface area contributed by atoms with Gasteiger partial charge in [-0.1, -0.05) is 36.8 Å². The Hall–Kier alpha value is -0.860. The van der Waals surface area contributed by atoms with E-state index in [0.717, 1.165) is 25.6 Å². The molecule has 104 valence electrons. The van der Waals surface area contributed by atoms with Crippen LogP contribution in [-0.2, 0) is 10.2 Å². The number of benzene rings is 1. The molecule has 0 spiro atoms. The van der Waals surface area contributed by atoms with E-state index in [9.17, 15) is 0 Å². The molecule has 1 saturated carbocycles. The van der Waals surface area contributed by atoms with Gasteiger partial charge in [0.25, 0.3) is 0 Å². The Morgan fingerprint density at radius 2 is 1.84 bits per heavy atom. The molecule has 2 N–H and O–H groups in total. The van der Waals surface area contributed by atoms with Crippen molar-refractivity contribution >= 4 is 0 Å². The lowest BCUT2D eigenvalue weighted by molar-refractivity contribution is 0.0541. The van der Waals surface area contributed by atoms with E-state index in [2.05, 4.69) is 30.3 Å². The van der Waals surface area contributed by atoms with Crippen molar-refractivity contribution < 1.29 is 4.74 Å². The fourth-order valence-electron chi connectivity index (χ4n) is 3.77. The molecule has 0 radical (unpaired) electrons. The first kappa shape index (κ1) is 13.1. The van der Waals surface area contributed by atoms with Crippen molar-refractivity contribution in [1.29, 1.82) is 0 Å². The Morgan fingerprint density at radius 1 is 1.16 bits per heavy atom. The summed E-state index contributed by atoms with van der Waals surface area (Å²) in [5.74, 6) is 0.768. The molecule has 1 aromatic carbocycles. The zero-order valence-corrected chi connectivity index (χ0v) is 11.7. The zero-order valence-electron chi connectivity index (χ0n) is 11.7. The predicted octanol–water partition coefficient (Wildman–Crippen LogP) is 3.25. The summed E-state index contributed by atoms with van der Waals surface area (Å²) in [5, 5.41) is 0. The first-order chi connectivity index (χ1) is 9.31. The molecular weight excluding hydrogens is 234 g/mol. The molecule has 1 unspecified atom stereocenters. The first-order valence-electron chi connectivity index (χ1n) is 7.70. The summed E-state index contributed by atoms with van der Waals surface area (Å²) >= 11 is 0. The van der Waals surface area contributed by atoms with Gasteiger partial charge in [-0.05, 0) is 43.6 Å². The van der Waals surface area contributed by atoms with Gasteiger partial charge in [-0.25, -0.2) is 0 Å².